The van der Waals surface area contributed by atoms with E-state index >= 15 is 0 Å². The molecular formula is C48H47N5O6. The molecule has 5 aromatic rings. The Morgan fingerprint density at radius 3 is 2.32 bits per heavy atom. The average Bonchev–Trinajstić information content (AvgIpc) is 3.50. The molecule has 0 bridgehead atoms. The van der Waals surface area contributed by atoms with Crippen LogP contribution in [0.25, 0.3) is 0 Å². The number of benzene rings is 4. The van der Waals surface area contributed by atoms with Gasteiger partial charge in [-0.3, -0.25) is 24.2 Å². The Bertz CT molecular complexity index is 2380. The molecule has 2 N–H and O–H groups in total. The van der Waals surface area contributed by atoms with Crippen molar-refractivity contribution in [1.82, 2.24) is 20.1 Å². The second-order valence-corrected chi connectivity index (χ2v) is 15.8. The van der Waals surface area contributed by atoms with Crippen molar-refractivity contribution in [3.63, 3.8) is 0 Å². The van der Waals surface area contributed by atoms with Gasteiger partial charge in [-0.05, 0) is 109 Å². The second kappa shape index (κ2) is 16.4. The van der Waals surface area contributed by atoms with E-state index in [1.165, 1.54) is 22.3 Å². The third-order valence-electron chi connectivity index (χ3n) is 12.1. The highest BCUT2D eigenvalue weighted by Gasteiger charge is 2.44. The van der Waals surface area contributed by atoms with E-state index in [2.05, 4.69) is 81.3 Å². The molecule has 3 amide bonds. The van der Waals surface area contributed by atoms with Gasteiger partial charge in [-0.1, -0.05) is 55.1 Å². The Labute approximate surface area is 343 Å². The van der Waals surface area contributed by atoms with Gasteiger partial charge in [0, 0.05) is 50.4 Å². The molecule has 300 valence electrons. The van der Waals surface area contributed by atoms with E-state index in [1.54, 1.807) is 24.3 Å². The van der Waals surface area contributed by atoms with Gasteiger partial charge in [0.15, 0.2) is 0 Å². The summed E-state index contributed by atoms with van der Waals surface area (Å²) in [4.78, 5) is 49.2. The number of carbonyl (C=O) groups is 3. The second-order valence-electron chi connectivity index (χ2n) is 15.8. The Morgan fingerprint density at radius 1 is 0.780 bits per heavy atom. The van der Waals surface area contributed by atoms with Gasteiger partial charge in [-0.15, -0.1) is 0 Å². The van der Waals surface area contributed by atoms with Gasteiger partial charge in [0.05, 0.1) is 29.6 Å². The fourth-order valence-corrected chi connectivity index (χ4v) is 9.09. The van der Waals surface area contributed by atoms with Crippen molar-refractivity contribution in [2.45, 2.75) is 50.0 Å². The quantitative estimate of drug-likeness (QED) is 0.104. The lowest BCUT2D eigenvalue weighted by molar-refractivity contribution is -0.125. The predicted octanol–water partition coefficient (Wildman–Crippen LogP) is 7.42. The van der Waals surface area contributed by atoms with Gasteiger partial charge >= 0.3 is 0 Å². The first kappa shape index (κ1) is 38.1. The zero-order chi connectivity index (χ0) is 40.5. The van der Waals surface area contributed by atoms with Crippen molar-refractivity contribution in [3.05, 3.63) is 155 Å². The van der Waals surface area contributed by atoms with Crippen LogP contribution in [0.5, 0.6) is 23.1 Å². The zero-order valence-electron chi connectivity index (χ0n) is 32.9. The molecule has 11 heteroatoms. The summed E-state index contributed by atoms with van der Waals surface area (Å²) in [5, 5.41) is 12.8. The van der Waals surface area contributed by atoms with Crippen LogP contribution in [0.4, 0.5) is 5.69 Å². The van der Waals surface area contributed by atoms with E-state index in [0.29, 0.717) is 54.0 Å². The number of rotatable bonds is 11. The number of aromatic nitrogens is 1. The van der Waals surface area contributed by atoms with Crippen LogP contribution >= 0.6 is 0 Å². The molecule has 11 nitrogen and oxygen atoms in total. The van der Waals surface area contributed by atoms with Gasteiger partial charge in [0.25, 0.3) is 11.8 Å². The summed E-state index contributed by atoms with van der Waals surface area (Å²) in [6.07, 6.45) is 5.52. The highest BCUT2D eigenvalue weighted by atomic mass is 16.5. The fourth-order valence-electron chi connectivity index (χ4n) is 9.09. The summed E-state index contributed by atoms with van der Waals surface area (Å²) < 4.78 is 12.2. The van der Waals surface area contributed by atoms with Crippen molar-refractivity contribution in [1.29, 1.82) is 0 Å². The van der Waals surface area contributed by atoms with Gasteiger partial charge in [0.2, 0.25) is 11.8 Å². The van der Waals surface area contributed by atoms with Gasteiger partial charge in [0.1, 0.15) is 23.3 Å². The number of hydrogen-bond donors (Lipinski definition) is 2. The predicted molar refractivity (Wildman–Crippen MR) is 224 cm³/mol. The fraction of sp³-hybridized carbons (Fsp3) is 0.292. The first-order valence-electron chi connectivity index (χ1n) is 20.5. The molecular weight excluding hydrogens is 743 g/mol. The first-order valence-corrected chi connectivity index (χ1v) is 20.5. The van der Waals surface area contributed by atoms with Gasteiger partial charge in [-0.2, -0.15) is 0 Å². The molecule has 0 spiro atoms. The Hall–Kier alpha value is -6.46. The summed E-state index contributed by atoms with van der Waals surface area (Å²) in [6.45, 7) is 8.71. The maximum atomic E-state index is 13.2. The van der Waals surface area contributed by atoms with Crippen molar-refractivity contribution in [2.75, 3.05) is 44.2 Å². The lowest BCUT2D eigenvalue weighted by Crippen LogP contribution is -2.51. The van der Waals surface area contributed by atoms with Crippen LogP contribution in [-0.2, 0) is 11.2 Å². The number of hydrogen-bond acceptors (Lipinski definition) is 9. The van der Waals surface area contributed by atoms with Crippen molar-refractivity contribution < 1.29 is 29.0 Å². The number of piperazine rings is 1. The maximum Gasteiger partial charge on any atom is 0.262 e. The molecule has 4 aliphatic rings. The van der Waals surface area contributed by atoms with E-state index < -0.39 is 17.9 Å². The summed E-state index contributed by atoms with van der Waals surface area (Å²) in [5.74, 6) is 1.33. The van der Waals surface area contributed by atoms with Gasteiger partial charge in [-0.25, -0.2) is 4.98 Å². The minimum atomic E-state index is -0.837. The van der Waals surface area contributed by atoms with Crippen molar-refractivity contribution >= 4 is 23.4 Å². The van der Waals surface area contributed by atoms with Crippen LogP contribution in [0, 0.1) is 0 Å². The molecule has 1 aromatic heterocycles. The number of anilines is 1. The molecule has 2 fully saturated rings. The summed E-state index contributed by atoms with van der Waals surface area (Å²) in [5.41, 5.74) is 7.24. The topological polar surface area (TPSA) is 125 Å². The number of allylic oxidation sites excluding steroid dienone is 1. The van der Waals surface area contributed by atoms with Crippen LogP contribution in [0.2, 0.25) is 0 Å². The minimum Gasteiger partial charge on any atom is -0.508 e. The molecule has 2 saturated heterocycles. The summed E-state index contributed by atoms with van der Waals surface area (Å²) >= 11 is 0. The molecule has 4 heterocycles. The van der Waals surface area contributed by atoms with E-state index in [1.807, 2.05) is 30.5 Å². The third kappa shape index (κ3) is 7.90. The molecule has 1 aliphatic carbocycles. The molecule has 1 unspecified atom stereocenters. The number of aromatic hydroxyl groups is 1. The summed E-state index contributed by atoms with van der Waals surface area (Å²) in [6, 6.07) is 32.9. The molecule has 0 saturated carbocycles. The normalized spacial score (nSPS) is 20.6. The number of imide groups is 1. The van der Waals surface area contributed by atoms with E-state index in [0.717, 1.165) is 68.3 Å². The third-order valence-corrected chi connectivity index (χ3v) is 12.1. The minimum absolute atomic E-state index is 0.174. The van der Waals surface area contributed by atoms with Crippen LogP contribution in [0.3, 0.4) is 0 Å². The first-order chi connectivity index (χ1) is 28.8. The number of aryl methyl sites for hydroxylation is 1. The SMILES string of the molecule is C=C1CCC(N2C(=O)c3ccc(OCCCN4CCN(c5ccc(Oc6ccc([C@@H]7c8ccc(O)cc8CC[C@@H]7c7ccccc7)cc6)nc5)CC4)cc3C2=O)C(=O)N1. The number of fused-ring (bicyclic) bond motifs is 2. The molecule has 3 atom stereocenters. The van der Waals surface area contributed by atoms with E-state index in [-0.39, 0.29) is 17.4 Å². The number of nitrogens with zero attached hydrogens (tertiary/aromatic N) is 4. The van der Waals surface area contributed by atoms with Gasteiger partial charge < -0.3 is 24.8 Å². The standard InChI is InChI=1S/C48H47N5O6/c1-31-8-20-43(46(55)50-31)53-47(56)41-19-16-38(29-42(41)48(53)57)58-27-5-22-51-23-25-52(26-24-51)35-12-21-44(49-30-35)59-37-14-9-33(10-15-37)45-39(32-6-3-2-4-7-32)17-11-34-28-36(54)13-18-40(34)45/h2-4,6-7,9-10,12-16,18-19,21,28-30,39,43,45,54H,1,5,8,11,17,20,22-27H2,(H,50,55)/t39-,43?,45+/m1/s1. The van der Waals surface area contributed by atoms with Crippen LogP contribution in [0.1, 0.15) is 80.5 Å². The number of carbonyl (C=O) groups excluding carboxylic acids is 3. The van der Waals surface area contributed by atoms with E-state index in [9.17, 15) is 19.5 Å². The van der Waals surface area contributed by atoms with E-state index in [4.69, 9.17) is 9.47 Å². The van der Waals surface area contributed by atoms with Crippen molar-refractivity contribution in [2.24, 2.45) is 0 Å². The molecule has 3 aliphatic heterocycles. The smallest absolute Gasteiger partial charge is 0.262 e. The Balaban J connectivity index is 0.744. The number of ether oxygens (including phenoxy) is 2. The molecule has 4 aromatic carbocycles. The Kier molecular flexibility index (Phi) is 10.6. The van der Waals surface area contributed by atoms with Crippen LogP contribution in [0.15, 0.2) is 122 Å². The van der Waals surface area contributed by atoms with Crippen LogP contribution in [-0.4, -0.2) is 83.0 Å². The van der Waals surface area contributed by atoms with Crippen molar-refractivity contribution in [3.8, 4) is 23.1 Å². The average molecular weight is 790 g/mol. The maximum absolute atomic E-state index is 13.2. The Morgan fingerprint density at radius 2 is 1.56 bits per heavy atom. The zero-order valence-corrected chi connectivity index (χ0v) is 32.9. The largest absolute Gasteiger partial charge is 0.508 e. The lowest BCUT2D eigenvalue weighted by Gasteiger charge is -2.36. The number of pyridine rings is 1. The molecule has 0 radical (unpaired) electrons. The highest BCUT2D eigenvalue weighted by Crippen LogP contribution is 2.47. The number of phenols is 1. The number of phenolic OH excluding ortho intramolecular Hbond substituents is 1. The molecule has 9 rings (SSSR count). The molecule has 59 heavy (non-hydrogen) atoms. The monoisotopic (exact) mass is 789 g/mol. The lowest BCUT2D eigenvalue weighted by atomic mass is 9.69. The number of piperidine rings is 1. The van der Waals surface area contributed by atoms with Crippen LogP contribution < -0.4 is 19.7 Å². The summed E-state index contributed by atoms with van der Waals surface area (Å²) in [7, 11) is 0. The number of amides is 3. The highest BCUT2D eigenvalue weighted by molar-refractivity contribution is 6.23. The number of nitrogens with one attached hydrogen (secondary N) is 1.